The maximum Gasteiger partial charge on any atom is 0.251 e. The van der Waals surface area contributed by atoms with Gasteiger partial charge in [-0.2, -0.15) is 0 Å². The molecular weight excluding hydrogens is 202 g/mol. The number of ether oxygens (including phenoxy) is 1. The normalized spacial score (nSPS) is 10.1. The van der Waals surface area contributed by atoms with Gasteiger partial charge in [-0.25, -0.2) is 0 Å². The summed E-state index contributed by atoms with van der Waals surface area (Å²) >= 11 is 0. The zero-order valence-corrected chi connectivity index (χ0v) is 9.95. The zero-order chi connectivity index (χ0) is 11.8. The van der Waals surface area contributed by atoms with Gasteiger partial charge in [0.05, 0.1) is 6.61 Å². The van der Waals surface area contributed by atoms with E-state index in [2.05, 4.69) is 12.2 Å². The standard InChI is InChI=1S/C13H19NO2/c1-3-4-9-16-10-11-7-5-6-8-12(11)13(15)14-2/h5-8H,3-4,9-10H2,1-2H3,(H,14,15). The lowest BCUT2D eigenvalue weighted by Gasteiger charge is -2.08. The number of hydrogen-bond donors (Lipinski definition) is 1. The Balaban J connectivity index is 2.60. The van der Waals surface area contributed by atoms with Crippen LogP contribution in [-0.4, -0.2) is 19.6 Å². The molecule has 0 saturated heterocycles. The van der Waals surface area contributed by atoms with Gasteiger partial charge >= 0.3 is 0 Å². The van der Waals surface area contributed by atoms with Crippen molar-refractivity contribution in [1.29, 1.82) is 0 Å². The summed E-state index contributed by atoms with van der Waals surface area (Å²) in [6.45, 7) is 3.38. The van der Waals surface area contributed by atoms with Crippen LogP contribution in [0.25, 0.3) is 0 Å². The second kappa shape index (κ2) is 7.01. The zero-order valence-electron chi connectivity index (χ0n) is 9.95. The molecule has 1 rings (SSSR count). The summed E-state index contributed by atoms with van der Waals surface area (Å²) < 4.78 is 5.52. The van der Waals surface area contributed by atoms with Gasteiger partial charge in [0.25, 0.3) is 5.91 Å². The van der Waals surface area contributed by atoms with Gasteiger partial charge in [-0.05, 0) is 18.1 Å². The maximum atomic E-state index is 11.6. The Kier molecular flexibility index (Phi) is 5.57. The minimum absolute atomic E-state index is 0.0605. The Morgan fingerprint density at radius 1 is 1.38 bits per heavy atom. The Labute approximate surface area is 96.8 Å². The van der Waals surface area contributed by atoms with Crippen molar-refractivity contribution >= 4 is 5.91 Å². The molecule has 0 aliphatic carbocycles. The largest absolute Gasteiger partial charge is 0.377 e. The van der Waals surface area contributed by atoms with E-state index in [1.165, 1.54) is 0 Å². The van der Waals surface area contributed by atoms with E-state index < -0.39 is 0 Å². The highest BCUT2D eigenvalue weighted by molar-refractivity contribution is 5.95. The molecule has 0 aliphatic rings. The molecule has 0 heterocycles. The second-order valence-corrected chi connectivity index (χ2v) is 3.64. The summed E-state index contributed by atoms with van der Waals surface area (Å²) in [5.74, 6) is -0.0605. The highest BCUT2D eigenvalue weighted by atomic mass is 16.5. The second-order valence-electron chi connectivity index (χ2n) is 3.64. The van der Waals surface area contributed by atoms with Gasteiger partial charge in [0, 0.05) is 19.2 Å². The molecule has 1 amide bonds. The topological polar surface area (TPSA) is 38.3 Å². The van der Waals surface area contributed by atoms with E-state index in [9.17, 15) is 4.79 Å². The van der Waals surface area contributed by atoms with E-state index in [1.54, 1.807) is 7.05 Å². The molecule has 0 bridgehead atoms. The number of nitrogens with one attached hydrogen (secondary N) is 1. The highest BCUT2D eigenvalue weighted by Gasteiger charge is 2.08. The molecule has 16 heavy (non-hydrogen) atoms. The van der Waals surface area contributed by atoms with Gasteiger partial charge in [-0.1, -0.05) is 31.5 Å². The fourth-order valence-corrected chi connectivity index (χ4v) is 1.43. The average molecular weight is 221 g/mol. The van der Waals surface area contributed by atoms with Gasteiger partial charge in [-0.15, -0.1) is 0 Å². The van der Waals surface area contributed by atoms with Crippen LogP contribution in [0.15, 0.2) is 24.3 Å². The van der Waals surface area contributed by atoms with Crippen molar-refractivity contribution in [1.82, 2.24) is 5.32 Å². The van der Waals surface area contributed by atoms with Gasteiger partial charge < -0.3 is 10.1 Å². The Morgan fingerprint density at radius 3 is 2.81 bits per heavy atom. The lowest BCUT2D eigenvalue weighted by Crippen LogP contribution is -2.19. The summed E-state index contributed by atoms with van der Waals surface area (Å²) in [5, 5.41) is 2.63. The molecule has 1 aromatic carbocycles. The van der Waals surface area contributed by atoms with Crippen molar-refractivity contribution in [2.24, 2.45) is 0 Å². The van der Waals surface area contributed by atoms with Crippen LogP contribution in [0.2, 0.25) is 0 Å². The van der Waals surface area contributed by atoms with Gasteiger partial charge in [0.15, 0.2) is 0 Å². The maximum absolute atomic E-state index is 11.6. The summed E-state index contributed by atoms with van der Waals surface area (Å²) in [7, 11) is 1.64. The Bertz CT molecular complexity index is 336. The van der Waals surface area contributed by atoms with Crippen molar-refractivity contribution < 1.29 is 9.53 Å². The van der Waals surface area contributed by atoms with Crippen molar-refractivity contribution in [3.05, 3.63) is 35.4 Å². The minimum atomic E-state index is -0.0605. The lowest BCUT2D eigenvalue weighted by atomic mass is 10.1. The van der Waals surface area contributed by atoms with Crippen molar-refractivity contribution in [2.45, 2.75) is 26.4 Å². The van der Waals surface area contributed by atoms with Crippen molar-refractivity contribution in [3.63, 3.8) is 0 Å². The number of rotatable bonds is 6. The molecule has 3 heteroatoms. The van der Waals surface area contributed by atoms with E-state index in [-0.39, 0.29) is 5.91 Å². The van der Waals surface area contributed by atoms with E-state index >= 15 is 0 Å². The van der Waals surface area contributed by atoms with Crippen LogP contribution in [-0.2, 0) is 11.3 Å². The molecule has 0 saturated carbocycles. The third kappa shape index (κ3) is 3.66. The summed E-state index contributed by atoms with van der Waals surface area (Å²) in [6, 6.07) is 7.53. The van der Waals surface area contributed by atoms with Crippen LogP contribution in [0.3, 0.4) is 0 Å². The molecule has 0 radical (unpaired) electrons. The lowest BCUT2D eigenvalue weighted by molar-refractivity contribution is 0.0947. The number of benzene rings is 1. The first-order valence-electron chi connectivity index (χ1n) is 5.67. The summed E-state index contributed by atoms with van der Waals surface area (Å²) in [6.07, 6.45) is 2.18. The van der Waals surface area contributed by atoms with Crippen LogP contribution in [0.5, 0.6) is 0 Å². The molecule has 3 nitrogen and oxygen atoms in total. The molecule has 1 aromatic rings. The monoisotopic (exact) mass is 221 g/mol. The number of hydrogen-bond acceptors (Lipinski definition) is 2. The first-order chi connectivity index (χ1) is 7.79. The smallest absolute Gasteiger partial charge is 0.251 e. The fourth-order valence-electron chi connectivity index (χ4n) is 1.43. The van der Waals surface area contributed by atoms with E-state index in [0.717, 1.165) is 25.0 Å². The van der Waals surface area contributed by atoms with E-state index in [0.29, 0.717) is 12.2 Å². The minimum Gasteiger partial charge on any atom is -0.377 e. The van der Waals surface area contributed by atoms with Crippen LogP contribution >= 0.6 is 0 Å². The Morgan fingerprint density at radius 2 is 2.12 bits per heavy atom. The number of amides is 1. The molecule has 0 atom stereocenters. The molecule has 88 valence electrons. The van der Waals surface area contributed by atoms with Crippen molar-refractivity contribution in [3.8, 4) is 0 Å². The predicted molar refractivity (Wildman–Crippen MR) is 64.4 cm³/mol. The highest BCUT2D eigenvalue weighted by Crippen LogP contribution is 2.10. The summed E-state index contributed by atoms with van der Waals surface area (Å²) in [5.41, 5.74) is 1.64. The number of unbranched alkanes of at least 4 members (excludes halogenated alkanes) is 1. The van der Waals surface area contributed by atoms with Gasteiger partial charge in [0.1, 0.15) is 0 Å². The first-order valence-corrected chi connectivity index (χ1v) is 5.67. The first kappa shape index (κ1) is 12.7. The van der Waals surface area contributed by atoms with Gasteiger partial charge in [-0.3, -0.25) is 4.79 Å². The van der Waals surface area contributed by atoms with Crippen molar-refractivity contribution in [2.75, 3.05) is 13.7 Å². The molecule has 0 unspecified atom stereocenters. The van der Waals surface area contributed by atoms with E-state index in [4.69, 9.17) is 4.74 Å². The predicted octanol–water partition coefficient (Wildman–Crippen LogP) is 2.36. The van der Waals surface area contributed by atoms with Crippen LogP contribution in [0.4, 0.5) is 0 Å². The third-order valence-corrected chi connectivity index (χ3v) is 2.39. The van der Waals surface area contributed by atoms with E-state index in [1.807, 2.05) is 24.3 Å². The SMILES string of the molecule is CCCCOCc1ccccc1C(=O)NC. The molecular formula is C13H19NO2. The molecule has 1 N–H and O–H groups in total. The molecule has 0 fully saturated rings. The number of carbonyl (C=O) groups excluding carboxylic acids is 1. The average Bonchev–Trinajstić information content (AvgIpc) is 2.34. The number of carbonyl (C=O) groups is 1. The third-order valence-electron chi connectivity index (χ3n) is 2.39. The van der Waals surface area contributed by atoms with Gasteiger partial charge in [0.2, 0.25) is 0 Å². The van der Waals surface area contributed by atoms with Crippen LogP contribution in [0, 0.1) is 0 Å². The van der Waals surface area contributed by atoms with Crippen LogP contribution < -0.4 is 5.32 Å². The molecule has 0 aromatic heterocycles. The molecule has 0 aliphatic heterocycles. The quantitative estimate of drug-likeness (QED) is 0.749. The molecule has 0 spiro atoms. The van der Waals surface area contributed by atoms with Crippen LogP contribution in [0.1, 0.15) is 35.7 Å². The fraction of sp³-hybridized carbons (Fsp3) is 0.462. The Hall–Kier alpha value is -1.35. The summed E-state index contributed by atoms with van der Waals surface area (Å²) in [4.78, 5) is 11.6.